The minimum absolute atomic E-state index is 0.485. The van der Waals surface area contributed by atoms with Gasteiger partial charge in [0.05, 0.1) is 12.0 Å². The number of amides is 1. The zero-order valence-corrected chi connectivity index (χ0v) is 10.2. The first-order valence-electron chi connectivity index (χ1n) is 5.35. The molecule has 0 saturated heterocycles. The standard InChI is InChI=1S/C11H14N4O3/c1-3-10(15(11(16)17)14-13-12)8-4-6-9(18-2)7-5-8/h4-7,10,12H,3H2,1-2H3. The molecule has 0 saturated carbocycles. The maximum absolute atomic E-state index is 10.9. The zero-order chi connectivity index (χ0) is 13.5. The highest BCUT2D eigenvalue weighted by Gasteiger charge is 2.26. The van der Waals surface area contributed by atoms with E-state index >= 15 is 0 Å². The van der Waals surface area contributed by atoms with Crippen LogP contribution < -0.4 is 14.8 Å². The molecule has 7 heteroatoms. The zero-order valence-electron chi connectivity index (χ0n) is 10.2. The van der Waals surface area contributed by atoms with E-state index in [9.17, 15) is 9.90 Å². The molecule has 1 aromatic carbocycles. The summed E-state index contributed by atoms with van der Waals surface area (Å²) >= 11 is 0. The molecular weight excluding hydrogens is 236 g/mol. The van der Waals surface area contributed by atoms with Gasteiger partial charge < -0.3 is 14.6 Å². The Hall–Kier alpha value is -2.40. The van der Waals surface area contributed by atoms with Gasteiger partial charge in [0.2, 0.25) is 5.22 Å². The Balaban J connectivity index is 3.06. The van der Waals surface area contributed by atoms with Crippen molar-refractivity contribution < 1.29 is 14.6 Å². The van der Waals surface area contributed by atoms with Crippen LogP contribution in [0, 0.1) is 5.53 Å². The predicted octanol–water partition coefficient (Wildman–Crippen LogP) is 1.26. The van der Waals surface area contributed by atoms with Gasteiger partial charge in [-0.3, -0.25) is 0 Å². The number of nitrogens with one attached hydrogen (secondary N) is 1. The van der Waals surface area contributed by atoms with Gasteiger partial charge in [-0.05, 0) is 29.6 Å². The van der Waals surface area contributed by atoms with Gasteiger partial charge in [-0.1, -0.05) is 24.1 Å². The van der Waals surface area contributed by atoms with Crippen molar-refractivity contribution in [2.45, 2.75) is 19.4 Å². The third-order valence-corrected chi connectivity index (χ3v) is 2.51. The van der Waals surface area contributed by atoms with Crippen molar-refractivity contribution in [2.24, 2.45) is 5.22 Å². The van der Waals surface area contributed by atoms with Gasteiger partial charge >= 0.3 is 0 Å². The van der Waals surface area contributed by atoms with Crippen LogP contribution in [0.25, 0.3) is 0 Å². The molecule has 0 aliphatic rings. The lowest BCUT2D eigenvalue weighted by Gasteiger charge is -2.18. The Kier molecular flexibility index (Phi) is 4.83. The number of methoxy groups -OCH3 is 1. The Morgan fingerprint density at radius 2 is 2.17 bits per heavy atom. The lowest BCUT2D eigenvalue weighted by molar-refractivity contribution is -0.269. The number of rotatable bonds is 5. The van der Waals surface area contributed by atoms with Gasteiger partial charge in [-0.2, -0.15) is 0 Å². The average Bonchev–Trinajstić information content (AvgIpc) is 2.39. The maximum atomic E-state index is 10.9. The van der Waals surface area contributed by atoms with Gasteiger partial charge in [-0.25, -0.2) is 0 Å². The van der Waals surface area contributed by atoms with Gasteiger partial charge in [0, 0.05) is 0 Å². The van der Waals surface area contributed by atoms with E-state index < -0.39 is 12.1 Å². The molecule has 0 heterocycles. The quantitative estimate of drug-likeness (QED) is 0.483. The largest absolute Gasteiger partial charge is 0.509 e. The number of hydrogen-bond acceptors (Lipinski definition) is 5. The Labute approximate surface area is 104 Å². The summed E-state index contributed by atoms with van der Waals surface area (Å²) in [6.07, 6.45) is -1.01. The summed E-state index contributed by atoms with van der Waals surface area (Å²) in [5.74, 6) is 0.677. The normalized spacial score (nSPS) is 11.2. The SMILES string of the molecule is CCC(c1ccc(OC)cc1)N(N=[N+]=N)C(=O)[O-]. The van der Waals surface area contributed by atoms with Crippen LogP contribution in [0.15, 0.2) is 29.5 Å². The molecule has 0 aromatic heterocycles. The molecule has 7 nitrogen and oxygen atoms in total. The molecule has 0 bridgehead atoms. The minimum atomic E-state index is -1.49. The smallest absolute Gasteiger partial charge is 0.266 e. The maximum Gasteiger partial charge on any atom is 0.266 e. The molecular formula is C11H14N4O3. The lowest BCUT2D eigenvalue weighted by atomic mass is 10.0. The number of carbonyl (C=O) groups excluding carboxylic acids is 1. The summed E-state index contributed by atoms with van der Waals surface area (Å²) < 4.78 is 5.02. The van der Waals surface area contributed by atoms with Crippen molar-refractivity contribution in [1.82, 2.24) is 9.92 Å². The number of benzene rings is 1. The van der Waals surface area contributed by atoms with E-state index in [0.29, 0.717) is 17.2 Å². The highest BCUT2D eigenvalue weighted by atomic mass is 16.5. The van der Waals surface area contributed by atoms with Gasteiger partial charge in [-0.15, -0.1) is 0 Å². The Morgan fingerprint density at radius 3 is 2.56 bits per heavy atom. The number of carboxylic acid groups (broad SMARTS) is 1. The van der Waals surface area contributed by atoms with Crippen LogP contribution in [0.3, 0.4) is 0 Å². The van der Waals surface area contributed by atoms with E-state index in [1.165, 1.54) is 0 Å². The molecule has 0 aliphatic heterocycles. The molecule has 0 spiro atoms. The van der Waals surface area contributed by atoms with E-state index in [1.807, 2.05) is 6.92 Å². The summed E-state index contributed by atoms with van der Waals surface area (Å²) in [4.78, 5) is 13.7. The predicted molar refractivity (Wildman–Crippen MR) is 60.5 cm³/mol. The molecule has 1 atom stereocenters. The summed E-state index contributed by atoms with van der Waals surface area (Å²) in [6.45, 7) is 1.81. The van der Waals surface area contributed by atoms with Crippen molar-refractivity contribution in [3.05, 3.63) is 29.8 Å². The average molecular weight is 250 g/mol. The first-order valence-corrected chi connectivity index (χ1v) is 5.35. The fraction of sp³-hybridized carbons (Fsp3) is 0.364. The fourth-order valence-electron chi connectivity index (χ4n) is 1.65. The first-order chi connectivity index (χ1) is 8.63. The van der Waals surface area contributed by atoms with Crippen LogP contribution in [0.5, 0.6) is 5.75 Å². The summed E-state index contributed by atoms with van der Waals surface area (Å²) in [6, 6.07) is 6.40. The van der Waals surface area contributed by atoms with E-state index in [0.717, 1.165) is 5.56 Å². The second kappa shape index (κ2) is 6.36. The van der Waals surface area contributed by atoms with Crippen LogP contribution in [-0.2, 0) is 0 Å². The van der Waals surface area contributed by atoms with Crippen molar-refractivity contribution in [1.29, 1.82) is 5.53 Å². The molecule has 1 aromatic rings. The third-order valence-electron chi connectivity index (χ3n) is 2.51. The number of carbonyl (C=O) groups is 1. The Morgan fingerprint density at radius 1 is 1.56 bits per heavy atom. The minimum Gasteiger partial charge on any atom is -0.509 e. The van der Waals surface area contributed by atoms with Crippen molar-refractivity contribution >= 4 is 6.09 Å². The van der Waals surface area contributed by atoms with Gasteiger partial charge in [0.15, 0.2) is 6.04 Å². The van der Waals surface area contributed by atoms with Crippen LogP contribution in [0.1, 0.15) is 24.9 Å². The number of ether oxygens (including phenoxy) is 1. The fourth-order valence-corrected chi connectivity index (χ4v) is 1.65. The summed E-state index contributed by atoms with van der Waals surface area (Å²) in [7, 11) is 1.55. The van der Waals surface area contributed by atoms with Crippen LogP contribution in [-0.4, -0.2) is 18.2 Å². The highest BCUT2D eigenvalue weighted by molar-refractivity contribution is 5.62. The van der Waals surface area contributed by atoms with E-state index in [2.05, 4.69) is 10.1 Å². The number of nitrogens with zero attached hydrogens (tertiary/aromatic N) is 3. The van der Waals surface area contributed by atoms with Crippen LogP contribution in [0.2, 0.25) is 0 Å². The topological polar surface area (TPSA) is 103 Å². The molecule has 1 unspecified atom stereocenters. The van der Waals surface area contributed by atoms with Crippen LogP contribution in [0.4, 0.5) is 4.79 Å². The van der Waals surface area contributed by atoms with E-state index in [-0.39, 0.29) is 0 Å². The molecule has 96 valence electrons. The number of hydrogen-bond donors (Lipinski definition) is 1. The summed E-state index contributed by atoms with van der Waals surface area (Å²) in [5.41, 5.74) is 7.36. The van der Waals surface area contributed by atoms with E-state index in [1.54, 1.807) is 31.4 Å². The summed E-state index contributed by atoms with van der Waals surface area (Å²) in [5, 5.41) is 14.8. The monoisotopic (exact) mass is 250 g/mol. The molecule has 0 fully saturated rings. The molecule has 1 rings (SSSR count). The van der Waals surface area contributed by atoms with Crippen molar-refractivity contribution in [3.63, 3.8) is 0 Å². The molecule has 0 radical (unpaired) electrons. The van der Waals surface area contributed by atoms with Gasteiger partial charge in [0.1, 0.15) is 5.75 Å². The molecule has 1 N–H and O–H groups in total. The molecule has 0 aliphatic carbocycles. The molecule has 1 amide bonds. The molecule has 18 heavy (non-hydrogen) atoms. The Bertz CT molecular complexity index is 452. The van der Waals surface area contributed by atoms with Crippen molar-refractivity contribution in [2.75, 3.05) is 7.11 Å². The van der Waals surface area contributed by atoms with E-state index in [4.69, 9.17) is 10.3 Å². The lowest BCUT2D eigenvalue weighted by Crippen LogP contribution is -2.40. The van der Waals surface area contributed by atoms with Gasteiger partial charge in [0.25, 0.3) is 6.09 Å². The van der Waals surface area contributed by atoms with Crippen LogP contribution >= 0.6 is 0 Å². The third kappa shape index (κ3) is 3.05. The first kappa shape index (κ1) is 13.7. The highest BCUT2D eigenvalue weighted by Crippen LogP contribution is 2.25. The second-order valence-corrected chi connectivity index (χ2v) is 3.50. The van der Waals surface area contributed by atoms with Crippen molar-refractivity contribution in [3.8, 4) is 5.75 Å². The second-order valence-electron chi connectivity index (χ2n) is 3.50.